The molecule has 1 nitrogen and oxygen atoms in total. The molecule has 21 heavy (non-hydrogen) atoms. The fourth-order valence-electron chi connectivity index (χ4n) is 2.25. The van der Waals surface area contributed by atoms with Crippen molar-refractivity contribution in [2.24, 2.45) is 0 Å². The van der Waals surface area contributed by atoms with Crippen LogP contribution in [0.4, 0.5) is 4.39 Å². The summed E-state index contributed by atoms with van der Waals surface area (Å²) >= 11 is 8.16. The van der Waals surface area contributed by atoms with E-state index in [0.717, 1.165) is 13.0 Å². The van der Waals surface area contributed by atoms with Crippen molar-refractivity contribution >= 4 is 34.2 Å². The van der Waals surface area contributed by atoms with E-state index in [1.54, 1.807) is 18.2 Å². The first-order valence-corrected chi connectivity index (χ1v) is 8.49. The molecule has 1 unspecified atom stereocenters. The molecule has 0 aliphatic rings. The van der Waals surface area contributed by atoms with Crippen molar-refractivity contribution in [2.45, 2.75) is 25.8 Å². The highest BCUT2D eigenvalue weighted by Gasteiger charge is 2.15. The number of rotatable bonds is 6. The van der Waals surface area contributed by atoms with Gasteiger partial charge in [0.05, 0.1) is 5.02 Å². The molecule has 2 aromatic rings. The molecule has 4 heteroatoms. The molecular formula is C17H18ClFIN. The van der Waals surface area contributed by atoms with Gasteiger partial charge in [0.1, 0.15) is 5.82 Å². The number of hydrogen-bond acceptors (Lipinski definition) is 1. The minimum absolute atomic E-state index is 0.0925. The highest BCUT2D eigenvalue weighted by Crippen LogP contribution is 2.24. The Bertz CT molecular complexity index is 586. The molecule has 2 aromatic carbocycles. The summed E-state index contributed by atoms with van der Waals surface area (Å²) in [7, 11) is 0. The van der Waals surface area contributed by atoms with Gasteiger partial charge in [0.25, 0.3) is 0 Å². The fraction of sp³-hybridized carbons (Fsp3) is 0.294. The lowest BCUT2D eigenvalue weighted by atomic mass is 9.98. The van der Waals surface area contributed by atoms with E-state index in [1.807, 2.05) is 0 Å². The van der Waals surface area contributed by atoms with Gasteiger partial charge in [0.15, 0.2) is 0 Å². The molecule has 0 aliphatic heterocycles. The number of benzene rings is 2. The van der Waals surface area contributed by atoms with Gasteiger partial charge in [-0.3, -0.25) is 0 Å². The van der Waals surface area contributed by atoms with E-state index in [4.69, 9.17) is 11.6 Å². The zero-order valence-electron chi connectivity index (χ0n) is 11.9. The molecule has 0 aromatic heterocycles. The molecule has 0 spiro atoms. The van der Waals surface area contributed by atoms with Crippen LogP contribution in [0, 0.1) is 9.39 Å². The molecule has 0 bridgehead atoms. The van der Waals surface area contributed by atoms with E-state index in [9.17, 15) is 4.39 Å². The van der Waals surface area contributed by atoms with Crippen molar-refractivity contribution in [1.82, 2.24) is 5.32 Å². The van der Waals surface area contributed by atoms with Gasteiger partial charge in [-0.2, -0.15) is 0 Å². The number of halogens is 3. The normalized spacial score (nSPS) is 12.4. The Morgan fingerprint density at radius 1 is 1.19 bits per heavy atom. The average Bonchev–Trinajstić information content (AvgIpc) is 2.49. The van der Waals surface area contributed by atoms with Gasteiger partial charge < -0.3 is 5.32 Å². The molecule has 0 aliphatic carbocycles. The van der Waals surface area contributed by atoms with Gasteiger partial charge in [-0.1, -0.05) is 42.8 Å². The van der Waals surface area contributed by atoms with Crippen LogP contribution in [0.15, 0.2) is 42.5 Å². The molecule has 1 atom stereocenters. The lowest BCUT2D eigenvalue weighted by Gasteiger charge is -2.20. The summed E-state index contributed by atoms with van der Waals surface area (Å²) in [6.45, 7) is 3.02. The zero-order valence-corrected chi connectivity index (χ0v) is 14.8. The second-order valence-corrected chi connectivity index (χ2v) is 6.63. The van der Waals surface area contributed by atoms with E-state index in [1.165, 1.54) is 9.13 Å². The molecule has 0 heterocycles. The smallest absolute Gasteiger partial charge is 0.145 e. The predicted molar refractivity (Wildman–Crippen MR) is 95.3 cm³/mol. The van der Waals surface area contributed by atoms with Crippen molar-refractivity contribution in [3.8, 4) is 0 Å². The largest absolute Gasteiger partial charge is 0.310 e. The molecule has 0 fully saturated rings. The first kappa shape index (κ1) is 16.7. The van der Waals surface area contributed by atoms with Crippen LogP contribution in [0.5, 0.6) is 0 Å². The van der Waals surface area contributed by atoms with Crippen molar-refractivity contribution in [3.63, 3.8) is 0 Å². The molecule has 0 saturated carbocycles. The maximum absolute atomic E-state index is 14.1. The second kappa shape index (κ2) is 8.11. The van der Waals surface area contributed by atoms with Crippen LogP contribution in [-0.4, -0.2) is 6.54 Å². The van der Waals surface area contributed by atoms with Gasteiger partial charge in [-0.25, -0.2) is 4.39 Å². The third-order valence-electron chi connectivity index (χ3n) is 3.37. The zero-order chi connectivity index (χ0) is 15.2. The Morgan fingerprint density at radius 3 is 2.57 bits per heavy atom. The summed E-state index contributed by atoms with van der Waals surface area (Å²) in [5, 5.41) is 3.67. The van der Waals surface area contributed by atoms with E-state index in [-0.39, 0.29) is 16.9 Å². The molecule has 0 radical (unpaired) electrons. The first-order chi connectivity index (χ1) is 10.1. The highest BCUT2D eigenvalue weighted by molar-refractivity contribution is 14.1. The fourth-order valence-corrected chi connectivity index (χ4v) is 2.80. The van der Waals surface area contributed by atoms with Gasteiger partial charge in [0.2, 0.25) is 0 Å². The molecule has 2 rings (SSSR count). The van der Waals surface area contributed by atoms with Crippen LogP contribution in [-0.2, 0) is 6.42 Å². The van der Waals surface area contributed by atoms with Gasteiger partial charge in [-0.15, -0.1) is 0 Å². The standard InChI is InChI=1S/C17H18ClFIN/c1-2-10-21-16(12-6-8-14(20)9-7-12)11-13-4-3-5-15(18)17(13)19/h3-9,16,21H,2,10-11H2,1H3. The van der Waals surface area contributed by atoms with Crippen molar-refractivity contribution in [1.29, 1.82) is 0 Å². The predicted octanol–water partition coefficient (Wildman–Crippen LogP) is 5.37. The first-order valence-electron chi connectivity index (χ1n) is 7.03. The summed E-state index contributed by atoms with van der Waals surface area (Å²) in [6, 6.07) is 13.6. The van der Waals surface area contributed by atoms with E-state index in [0.29, 0.717) is 12.0 Å². The Balaban J connectivity index is 2.23. The maximum atomic E-state index is 14.1. The lowest BCUT2D eigenvalue weighted by Crippen LogP contribution is -2.24. The minimum atomic E-state index is -0.312. The quantitative estimate of drug-likeness (QED) is 0.623. The molecule has 0 saturated heterocycles. The Morgan fingerprint density at radius 2 is 1.90 bits per heavy atom. The third kappa shape index (κ3) is 4.66. The summed E-state index contributed by atoms with van der Waals surface area (Å²) in [5.41, 5.74) is 1.82. The van der Waals surface area contributed by atoms with Crippen LogP contribution < -0.4 is 5.32 Å². The summed E-state index contributed by atoms with van der Waals surface area (Å²) < 4.78 is 15.3. The van der Waals surface area contributed by atoms with Gasteiger partial charge in [-0.05, 0) is 71.3 Å². The molecule has 0 amide bonds. The van der Waals surface area contributed by atoms with Crippen LogP contribution in [0.2, 0.25) is 5.02 Å². The van der Waals surface area contributed by atoms with Crippen molar-refractivity contribution < 1.29 is 4.39 Å². The Labute approximate surface area is 144 Å². The summed E-state index contributed by atoms with van der Waals surface area (Å²) in [6.07, 6.45) is 1.63. The lowest BCUT2D eigenvalue weighted by molar-refractivity contribution is 0.513. The topological polar surface area (TPSA) is 12.0 Å². The molecule has 112 valence electrons. The molecular weight excluding hydrogens is 400 g/mol. The summed E-state index contributed by atoms with van der Waals surface area (Å²) in [5.74, 6) is -0.312. The monoisotopic (exact) mass is 417 g/mol. The van der Waals surface area contributed by atoms with Gasteiger partial charge in [0, 0.05) is 9.61 Å². The van der Waals surface area contributed by atoms with Crippen LogP contribution in [0.1, 0.15) is 30.5 Å². The van der Waals surface area contributed by atoms with Crippen LogP contribution >= 0.6 is 34.2 Å². The van der Waals surface area contributed by atoms with E-state index in [2.05, 4.69) is 59.1 Å². The van der Waals surface area contributed by atoms with Crippen molar-refractivity contribution in [2.75, 3.05) is 6.54 Å². The highest BCUT2D eigenvalue weighted by atomic mass is 127. The number of nitrogens with one attached hydrogen (secondary N) is 1. The average molecular weight is 418 g/mol. The minimum Gasteiger partial charge on any atom is -0.310 e. The van der Waals surface area contributed by atoms with Crippen LogP contribution in [0.3, 0.4) is 0 Å². The van der Waals surface area contributed by atoms with Gasteiger partial charge >= 0.3 is 0 Å². The van der Waals surface area contributed by atoms with E-state index < -0.39 is 0 Å². The second-order valence-electron chi connectivity index (χ2n) is 4.98. The maximum Gasteiger partial charge on any atom is 0.145 e. The van der Waals surface area contributed by atoms with E-state index >= 15 is 0 Å². The molecule has 1 N–H and O–H groups in total. The Hall–Kier alpha value is -0.650. The third-order valence-corrected chi connectivity index (χ3v) is 4.38. The summed E-state index contributed by atoms with van der Waals surface area (Å²) in [4.78, 5) is 0. The SMILES string of the molecule is CCCNC(Cc1cccc(Cl)c1F)c1ccc(I)cc1. The number of hydrogen-bond donors (Lipinski definition) is 1. The van der Waals surface area contributed by atoms with Crippen LogP contribution in [0.25, 0.3) is 0 Å². The van der Waals surface area contributed by atoms with Crippen molar-refractivity contribution in [3.05, 3.63) is 68.0 Å². The Kier molecular flexibility index (Phi) is 6.45.